The summed E-state index contributed by atoms with van der Waals surface area (Å²) in [4.78, 5) is 0. The average Bonchev–Trinajstić information content (AvgIpc) is 3.62. The van der Waals surface area contributed by atoms with E-state index in [1.807, 2.05) is 55.1 Å². The van der Waals surface area contributed by atoms with Gasteiger partial charge in [0.25, 0.3) is 0 Å². The molecular weight excluding hydrogens is 468 g/mol. The zero-order valence-electron chi connectivity index (χ0n) is 20.3. The van der Waals surface area contributed by atoms with Crippen LogP contribution < -0.4 is 0 Å². The van der Waals surface area contributed by atoms with Gasteiger partial charge in [-0.15, -0.1) is 10.2 Å². The maximum atomic E-state index is 6.27. The molecule has 36 heavy (non-hydrogen) atoms. The third-order valence-electron chi connectivity index (χ3n) is 6.42. The molecule has 0 aliphatic carbocycles. The molecule has 2 aromatic heterocycles. The Bertz CT molecular complexity index is 1150. The summed E-state index contributed by atoms with van der Waals surface area (Å²) in [5, 5.41) is 16.5. The van der Waals surface area contributed by atoms with Crippen LogP contribution in [0.5, 0.6) is 0 Å². The molecule has 2 fully saturated rings. The number of aromatic nitrogens is 6. The number of fused-ring (bicyclic) bond motifs is 2. The van der Waals surface area contributed by atoms with Crippen molar-refractivity contribution in [1.82, 2.24) is 30.0 Å². The van der Waals surface area contributed by atoms with E-state index < -0.39 is 12.1 Å². The zero-order valence-corrected chi connectivity index (χ0v) is 20.3. The molecule has 3 aliphatic rings. The van der Waals surface area contributed by atoms with Crippen molar-refractivity contribution in [3.63, 3.8) is 0 Å². The van der Waals surface area contributed by atoms with Crippen LogP contribution in [0.4, 0.5) is 0 Å². The highest BCUT2D eigenvalue weighted by molar-refractivity contribution is 5.13. The highest BCUT2D eigenvalue weighted by Gasteiger charge is 2.55. The molecule has 5 atom stereocenters. The Kier molecular flexibility index (Phi) is 6.54. The van der Waals surface area contributed by atoms with E-state index in [0.29, 0.717) is 38.6 Å². The minimum absolute atomic E-state index is 0.0592. The van der Waals surface area contributed by atoms with Crippen molar-refractivity contribution in [3.8, 4) is 0 Å². The SMILES string of the molecule is CC1(C)O[C@H]2O[C@H](COCc3ccccc3)[C@H](OCc3cn(CC4Cn5nncc5CO4)nn3)[C@H]2O1. The Balaban J connectivity index is 1.05. The van der Waals surface area contributed by atoms with Crippen LogP contribution in [0.3, 0.4) is 0 Å². The number of rotatable bonds is 9. The van der Waals surface area contributed by atoms with E-state index in [2.05, 4.69) is 20.6 Å². The van der Waals surface area contributed by atoms with Gasteiger partial charge in [0, 0.05) is 0 Å². The van der Waals surface area contributed by atoms with Crippen LogP contribution >= 0.6 is 0 Å². The molecular formula is C24H30N6O6. The molecule has 3 aromatic rings. The normalized spacial score (nSPS) is 28.8. The molecule has 3 aliphatic heterocycles. The molecule has 0 N–H and O–H groups in total. The second-order valence-corrected chi connectivity index (χ2v) is 9.69. The Morgan fingerprint density at radius 2 is 2.00 bits per heavy atom. The van der Waals surface area contributed by atoms with E-state index in [-0.39, 0.29) is 31.0 Å². The van der Waals surface area contributed by atoms with Crippen LogP contribution in [0, 0.1) is 0 Å². The first-order chi connectivity index (χ1) is 17.5. The fraction of sp³-hybridized carbons (Fsp3) is 0.583. The smallest absolute Gasteiger partial charge is 0.190 e. The zero-order chi connectivity index (χ0) is 24.5. The summed E-state index contributed by atoms with van der Waals surface area (Å²) in [5.41, 5.74) is 2.78. The molecule has 1 aromatic carbocycles. The summed E-state index contributed by atoms with van der Waals surface area (Å²) in [6.45, 7) is 6.51. The number of ether oxygens (including phenoxy) is 6. The number of benzene rings is 1. The summed E-state index contributed by atoms with van der Waals surface area (Å²) in [6.07, 6.45) is 1.97. The predicted molar refractivity (Wildman–Crippen MR) is 122 cm³/mol. The van der Waals surface area contributed by atoms with Crippen LogP contribution in [0.25, 0.3) is 0 Å². The monoisotopic (exact) mass is 498 g/mol. The maximum absolute atomic E-state index is 6.27. The van der Waals surface area contributed by atoms with Crippen LogP contribution in [-0.4, -0.2) is 73.1 Å². The van der Waals surface area contributed by atoms with Crippen LogP contribution in [-0.2, 0) is 61.3 Å². The van der Waals surface area contributed by atoms with E-state index in [9.17, 15) is 0 Å². The lowest BCUT2D eigenvalue weighted by Gasteiger charge is -2.25. The largest absolute Gasteiger partial charge is 0.374 e. The first-order valence-corrected chi connectivity index (χ1v) is 12.1. The molecule has 0 spiro atoms. The quantitative estimate of drug-likeness (QED) is 0.429. The number of hydrogen-bond donors (Lipinski definition) is 0. The molecule has 0 amide bonds. The fourth-order valence-electron chi connectivity index (χ4n) is 4.74. The molecule has 6 rings (SSSR count). The van der Waals surface area contributed by atoms with Crippen molar-refractivity contribution in [2.75, 3.05) is 6.61 Å². The Labute approximate surface area is 208 Å². The molecule has 2 saturated heterocycles. The second kappa shape index (κ2) is 9.96. The van der Waals surface area contributed by atoms with E-state index in [1.54, 1.807) is 10.9 Å². The van der Waals surface area contributed by atoms with Crippen LogP contribution in [0.2, 0.25) is 0 Å². The first kappa shape index (κ1) is 23.6. The van der Waals surface area contributed by atoms with Gasteiger partial charge in [-0.25, -0.2) is 9.36 Å². The number of nitrogens with zero attached hydrogens (tertiary/aromatic N) is 6. The van der Waals surface area contributed by atoms with Gasteiger partial charge in [0.2, 0.25) is 0 Å². The van der Waals surface area contributed by atoms with Crippen molar-refractivity contribution >= 4 is 0 Å². The molecule has 0 bridgehead atoms. The standard InChI is InChI=1S/C24H30N6O6/c1-24(2)35-22-21(20(34-23(22)36-24)15-31-12-16-6-4-3-5-7-16)33-13-17-9-29(28-26-17)10-19-11-30-18(14-32-19)8-25-27-30/h3-9,19-23H,10-15H2,1-2H3/t19?,20-,21+,22-,23-/m1/s1. The van der Waals surface area contributed by atoms with Gasteiger partial charge >= 0.3 is 0 Å². The van der Waals surface area contributed by atoms with Crippen LogP contribution in [0.15, 0.2) is 42.7 Å². The van der Waals surface area contributed by atoms with E-state index in [4.69, 9.17) is 28.4 Å². The Morgan fingerprint density at radius 3 is 2.89 bits per heavy atom. The highest BCUT2D eigenvalue weighted by Crippen LogP contribution is 2.39. The second-order valence-electron chi connectivity index (χ2n) is 9.69. The van der Waals surface area contributed by atoms with Crippen molar-refractivity contribution in [3.05, 3.63) is 59.7 Å². The van der Waals surface area contributed by atoms with Gasteiger partial charge in [-0.1, -0.05) is 40.8 Å². The third-order valence-corrected chi connectivity index (χ3v) is 6.42. The summed E-state index contributed by atoms with van der Waals surface area (Å²) >= 11 is 0. The average molecular weight is 499 g/mol. The molecule has 192 valence electrons. The lowest BCUT2D eigenvalue weighted by atomic mass is 10.1. The molecule has 12 nitrogen and oxygen atoms in total. The van der Waals surface area contributed by atoms with E-state index in [1.165, 1.54) is 0 Å². The lowest BCUT2D eigenvalue weighted by molar-refractivity contribution is -0.225. The lowest BCUT2D eigenvalue weighted by Crippen LogP contribution is -2.38. The molecule has 0 saturated carbocycles. The number of hydrogen-bond acceptors (Lipinski definition) is 10. The maximum Gasteiger partial charge on any atom is 0.190 e. The fourth-order valence-corrected chi connectivity index (χ4v) is 4.74. The Morgan fingerprint density at radius 1 is 1.11 bits per heavy atom. The predicted octanol–water partition coefficient (Wildman–Crippen LogP) is 1.45. The minimum atomic E-state index is -0.736. The molecule has 1 unspecified atom stereocenters. The summed E-state index contributed by atoms with van der Waals surface area (Å²) in [6, 6.07) is 10.0. The van der Waals surface area contributed by atoms with Crippen molar-refractivity contribution in [2.45, 2.75) is 83.3 Å². The van der Waals surface area contributed by atoms with Crippen LogP contribution in [0.1, 0.15) is 30.8 Å². The van der Waals surface area contributed by atoms with Gasteiger partial charge in [-0.3, -0.25) is 0 Å². The van der Waals surface area contributed by atoms with Crippen molar-refractivity contribution in [1.29, 1.82) is 0 Å². The molecule has 5 heterocycles. The summed E-state index contributed by atoms with van der Waals surface area (Å²) in [5.74, 6) is -0.736. The minimum Gasteiger partial charge on any atom is -0.374 e. The van der Waals surface area contributed by atoms with Gasteiger partial charge in [0.1, 0.15) is 24.0 Å². The van der Waals surface area contributed by atoms with Crippen molar-refractivity contribution in [2.24, 2.45) is 0 Å². The molecule has 0 radical (unpaired) electrons. The van der Waals surface area contributed by atoms with Gasteiger partial charge < -0.3 is 28.4 Å². The van der Waals surface area contributed by atoms with E-state index in [0.717, 1.165) is 11.3 Å². The summed E-state index contributed by atoms with van der Waals surface area (Å²) in [7, 11) is 0. The summed E-state index contributed by atoms with van der Waals surface area (Å²) < 4.78 is 39.9. The Hall–Kier alpha value is -2.74. The highest BCUT2D eigenvalue weighted by atomic mass is 16.8. The third kappa shape index (κ3) is 5.19. The van der Waals surface area contributed by atoms with E-state index >= 15 is 0 Å². The van der Waals surface area contributed by atoms with Gasteiger partial charge in [0.15, 0.2) is 12.1 Å². The first-order valence-electron chi connectivity index (χ1n) is 12.1. The van der Waals surface area contributed by atoms with Gasteiger partial charge in [-0.05, 0) is 19.4 Å². The van der Waals surface area contributed by atoms with Gasteiger partial charge in [-0.2, -0.15) is 0 Å². The topological polar surface area (TPSA) is 117 Å². The van der Waals surface area contributed by atoms with Crippen molar-refractivity contribution < 1.29 is 28.4 Å². The molecule has 12 heteroatoms. The van der Waals surface area contributed by atoms with Gasteiger partial charge in [0.05, 0.1) is 63.7 Å².